The van der Waals surface area contributed by atoms with Crippen molar-refractivity contribution < 1.29 is 4.79 Å². The fourth-order valence-corrected chi connectivity index (χ4v) is 4.67. The molecule has 1 aromatic heterocycles. The molecule has 0 radical (unpaired) electrons. The van der Waals surface area contributed by atoms with Gasteiger partial charge in [-0.25, -0.2) is 0 Å². The number of thioether (sulfide) groups is 1. The van der Waals surface area contributed by atoms with Crippen LogP contribution in [0.25, 0.3) is 17.1 Å². The number of carbonyl (C=O) groups excluding carboxylic acids is 1. The van der Waals surface area contributed by atoms with Gasteiger partial charge in [-0.15, -0.1) is 10.2 Å². The molecule has 1 amide bonds. The number of likely N-dealkylation sites (N-methyl/N-ethyl adjacent to an activating group) is 1. The maximum absolute atomic E-state index is 12.8. The van der Waals surface area contributed by atoms with Crippen molar-refractivity contribution >= 4 is 29.3 Å². The molecule has 0 N–H and O–H groups in total. The number of carbonyl (C=O) groups is 1. The molecule has 31 heavy (non-hydrogen) atoms. The van der Waals surface area contributed by atoms with Gasteiger partial charge in [0, 0.05) is 36.8 Å². The predicted molar refractivity (Wildman–Crippen MR) is 126 cm³/mol. The van der Waals surface area contributed by atoms with Crippen LogP contribution in [0.1, 0.15) is 12.5 Å². The maximum atomic E-state index is 12.8. The average Bonchev–Trinajstić information content (AvgIpc) is 3.22. The van der Waals surface area contributed by atoms with E-state index in [0.717, 1.165) is 49.8 Å². The summed E-state index contributed by atoms with van der Waals surface area (Å²) in [7, 11) is 0. The molecular formula is C23H26ClN5OS. The number of amides is 1. The topological polar surface area (TPSA) is 54.3 Å². The van der Waals surface area contributed by atoms with Gasteiger partial charge in [0.2, 0.25) is 5.91 Å². The molecule has 1 aliphatic rings. The molecule has 0 spiro atoms. The lowest BCUT2D eigenvalue weighted by molar-refractivity contribution is -0.130. The third-order valence-electron chi connectivity index (χ3n) is 5.51. The molecule has 1 fully saturated rings. The molecule has 0 aliphatic carbocycles. The second-order valence-corrected chi connectivity index (χ2v) is 8.97. The van der Waals surface area contributed by atoms with Crippen LogP contribution in [0.15, 0.2) is 53.7 Å². The number of rotatable bonds is 6. The van der Waals surface area contributed by atoms with Gasteiger partial charge >= 0.3 is 0 Å². The minimum atomic E-state index is 0.137. The molecule has 2 heterocycles. The van der Waals surface area contributed by atoms with Gasteiger partial charge in [-0.05, 0) is 31.7 Å². The average molecular weight is 456 g/mol. The van der Waals surface area contributed by atoms with E-state index in [1.54, 1.807) is 0 Å². The van der Waals surface area contributed by atoms with Gasteiger partial charge < -0.3 is 9.80 Å². The van der Waals surface area contributed by atoms with Crippen LogP contribution in [0.3, 0.4) is 0 Å². The molecule has 4 rings (SSSR count). The Morgan fingerprint density at radius 3 is 2.48 bits per heavy atom. The number of benzene rings is 2. The standard InChI is InChI=1S/C23H26ClN5OS/c1-3-27-11-13-28(14-12-27)21(30)16-31-23-26-25-22(18-9-7-17(2)8-10-18)29(23)20-6-4-5-19(24)15-20/h4-10,15H,3,11-14,16H2,1-2H3. The van der Waals surface area contributed by atoms with E-state index >= 15 is 0 Å². The van der Waals surface area contributed by atoms with E-state index in [2.05, 4.69) is 41.1 Å². The van der Waals surface area contributed by atoms with Crippen LogP contribution in [0.2, 0.25) is 5.02 Å². The second kappa shape index (κ2) is 9.85. The van der Waals surface area contributed by atoms with Crippen LogP contribution in [0.5, 0.6) is 0 Å². The van der Waals surface area contributed by atoms with E-state index in [-0.39, 0.29) is 5.91 Å². The van der Waals surface area contributed by atoms with E-state index in [9.17, 15) is 4.79 Å². The Kier molecular flexibility index (Phi) is 6.95. The largest absolute Gasteiger partial charge is 0.339 e. The summed E-state index contributed by atoms with van der Waals surface area (Å²) in [6, 6.07) is 15.8. The highest BCUT2D eigenvalue weighted by Crippen LogP contribution is 2.29. The first-order valence-corrected chi connectivity index (χ1v) is 11.8. The molecular weight excluding hydrogens is 430 g/mol. The molecule has 1 aliphatic heterocycles. The van der Waals surface area contributed by atoms with Crippen molar-refractivity contribution in [3.8, 4) is 17.1 Å². The van der Waals surface area contributed by atoms with E-state index in [0.29, 0.717) is 15.9 Å². The second-order valence-electron chi connectivity index (χ2n) is 7.59. The van der Waals surface area contributed by atoms with Gasteiger partial charge in [-0.3, -0.25) is 9.36 Å². The fraction of sp³-hybridized carbons (Fsp3) is 0.348. The highest BCUT2D eigenvalue weighted by molar-refractivity contribution is 7.99. The molecule has 0 saturated carbocycles. The van der Waals surface area contributed by atoms with Crippen LogP contribution >= 0.6 is 23.4 Å². The number of piperazine rings is 1. The number of hydrogen-bond donors (Lipinski definition) is 0. The lowest BCUT2D eigenvalue weighted by Gasteiger charge is -2.34. The van der Waals surface area contributed by atoms with E-state index in [1.165, 1.54) is 17.3 Å². The van der Waals surface area contributed by atoms with Gasteiger partial charge in [0.1, 0.15) is 0 Å². The van der Waals surface area contributed by atoms with Crippen LogP contribution in [-0.4, -0.2) is 68.9 Å². The Labute approximate surface area is 192 Å². The summed E-state index contributed by atoms with van der Waals surface area (Å²) < 4.78 is 1.98. The Balaban J connectivity index is 1.57. The van der Waals surface area contributed by atoms with Crippen molar-refractivity contribution in [3.05, 3.63) is 59.1 Å². The van der Waals surface area contributed by atoms with Crippen LogP contribution in [-0.2, 0) is 4.79 Å². The Bertz CT molecular complexity index is 1040. The first kappa shape index (κ1) is 21.9. The van der Waals surface area contributed by atoms with Crippen LogP contribution in [0.4, 0.5) is 0 Å². The normalized spacial score (nSPS) is 14.7. The van der Waals surface area contributed by atoms with Gasteiger partial charge in [-0.2, -0.15) is 0 Å². The molecule has 8 heteroatoms. The van der Waals surface area contributed by atoms with Gasteiger partial charge in [0.05, 0.1) is 11.4 Å². The van der Waals surface area contributed by atoms with Crippen molar-refractivity contribution in [2.24, 2.45) is 0 Å². The van der Waals surface area contributed by atoms with Crippen LogP contribution < -0.4 is 0 Å². The smallest absolute Gasteiger partial charge is 0.233 e. The number of nitrogens with zero attached hydrogens (tertiary/aromatic N) is 5. The first-order valence-electron chi connectivity index (χ1n) is 10.5. The maximum Gasteiger partial charge on any atom is 0.233 e. The zero-order valence-corrected chi connectivity index (χ0v) is 19.4. The fourth-order valence-electron chi connectivity index (χ4n) is 3.63. The molecule has 3 aromatic rings. The number of hydrogen-bond acceptors (Lipinski definition) is 5. The molecule has 6 nitrogen and oxygen atoms in total. The number of aromatic nitrogens is 3. The highest BCUT2D eigenvalue weighted by Gasteiger charge is 2.22. The van der Waals surface area contributed by atoms with Gasteiger partial charge in [0.25, 0.3) is 0 Å². The Morgan fingerprint density at radius 2 is 1.81 bits per heavy atom. The van der Waals surface area contributed by atoms with Crippen molar-refractivity contribution in [2.75, 3.05) is 38.5 Å². The highest BCUT2D eigenvalue weighted by atomic mass is 35.5. The summed E-state index contributed by atoms with van der Waals surface area (Å²) in [5.74, 6) is 1.20. The molecule has 1 saturated heterocycles. The van der Waals surface area contributed by atoms with Crippen molar-refractivity contribution in [1.29, 1.82) is 0 Å². The molecule has 0 unspecified atom stereocenters. The van der Waals surface area contributed by atoms with Crippen molar-refractivity contribution in [3.63, 3.8) is 0 Å². The Morgan fingerprint density at radius 1 is 1.06 bits per heavy atom. The summed E-state index contributed by atoms with van der Waals surface area (Å²) in [6.07, 6.45) is 0. The lowest BCUT2D eigenvalue weighted by Crippen LogP contribution is -2.49. The van der Waals surface area contributed by atoms with E-state index in [1.807, 2.05) is 45.9 Å². The minimum Gasteiger partial charge on any atom is -0.339 e. The molecule has 0 bridgehead atoms. The SMILES string of the molecule is CCN1CCN(C(=O)CSc2nnc(-c3ccc(C)cc3)n2-c2cccc(Cl)c2)CC1. The minimum absolute atomic E-state index is 0.137. The van der Waals surface area contributed by atoms with E-state index < -0.39 is 0 Å². The molecule has 162 valence electrons. The monoisotopic (exact) mass is 455 g/mol. The van der Waals surface area contributed by atoms with Gasteiger partial charge in [0.15, 0.2) is 11.0 Å². The third-order valence-corrected chi connectivity index (χ3v) is 6.66. The van der Waals surface area contributed by atoms with Crippen LogP contribution in [0, 0.1) is 6.92 Å². The quantitative estimate of drug-likeness (QED) is 0.522. The summed E-state index contributed by atoms with van der Waals surface area (Å²) in [5, 5.41) is 10.2. The first-order chi connectivity index (χ1) is 15.0. The summed E-state index contributed by atoms with van der Waals surface area (Å²) in [5.41, 5.74) is 3.02. The summed E-state index contributed by atoms with van der Waals surface area (Å²) in [6.45, 7) is 8.67. The summed E-state index contributed by atoms with van der Waals surface area (Å²) >= 11 is 7.68. The summed E-state index contributed by atoms with van der Waals surface area (Å²) in [4.78, 5) is 17.1. The van der Waals surface area contributed by atoms with Crippen molar-refractivity contribution in [2.45, 2.75) is 19.0 Å². The molecule has 0 atom stereocenters. The molecule has 2 aromatic carbocycles. The zero-order valence-electron chi connectivity index (χ0n) is 17.8. The number of halogens is 1. The third kappa shape index (κ3) is 5.11. The zero-order chi connectivity index (χ0) is 21.8. The van der Waals surface area contributed by atoms with Crippen molar-refractivity contribution in [1.82, 2.24) is 24.6 Å². The Hall–Kier alpha value is -2.35. The number of aryl methyl sites for hydroxylation is 1. The van der Waals surface area contributed by atoms with Gasteiger partial charge in [-0.1, -0.05) is 66.2 Å². The predicted octanol–water partition coefficient (Wildman–Crippen LogP) is 4.15. The lowest BCUT2D eigenvalue weighted by atomic mass is 10.1. The van der Waals surface area contributed by atoms with E-state index in [4.69, 9.17) is 11.6 Å².